The molecular weight excluding hydrogens is 276 g/mol. The molecule has 1 aliphatic rings. The van der Waals surface area contributed by atoms with Crippen molar-refractivity contribution in [3.63, 3.8) is 0 Å². The topological polar surface area (TPSA) is 52.2 Å². The first-order valence-electron chi connectivity index (χ1n) is 7.70. The smallest absolute Gasteiger partial charge is 0.274 e. The summed E-state index contributed by atoms with van der Waals surface area (Å²) in [5.41, 5.74) is 4.02. The maximum absolute atomic E-state index is 12.4. The van der Waals surface area contributed by atoms with Gasteiger partial charge in [-0.05, 0) is 19.4 Å². The third-order valence-corrected chi connectivity index (χ3v) is 4.18. The highest BCUT2D eigenvalue weighted by Gasteiger charge is 2.24. The number of aromatic nitrogens is 2. The lowest BCUT2D eigenvalue weighted by molar-refractivity contribution is 0.0622. The van der Waals surface area contributed by atoms with Gasteiger partial charge in [0.1, 0.15) is 5.69 Å². The van der Waals surface area contributed by atoms with Gasteiger partial charge in [-0.25, -0.2) is 4.98 Å². The molecule has 2 aromatic rings. The molecule has 1 saturated heterocycles. The van der Waals surface area contributed by atoms with E-state index in [1.54, 1.807) is 6.33 Å². The Bertz CT molecular complexity index is 656. The lowest BCUT2D eigenvalue weighted by Crippen LogP contribution is -2.48. The molecule has 0 unspecified atom stereocenters. The van der Waals surface area contributed by atoms with Crippen molar-refractivity contribution in [3.8, 4) is 0 Å². The molecule has 1 aromatic heterocycles. The van der Waals surface area contributed by atoms with E-state index in [1.165, 1.54) is 11.1 Å². The summed E-state index contributed by atoms with van der Waals surface area (Å²) in [5.74, 6) is 0.0361. The van der Waals surface area contributed by atoms with Gasteiger partial charge in [0.15, 0.2) is 0 Å². The molecule has 1 aliphatic heterocycles. The maximum Gasteiger partial charge on any atom is 0.274 e. The second-order valence-corrected chi connectivity index (χ2v) is 5.93. The summed E-state index contributed by atoms with van der Waals surface area (Å²) in [7, 11) is 0. The Kier molecular flexibility index (Phi) is 4.24. The van der Waals surface area contributed by atoms with Crippen LogP contribution in [0.4, 0.5) is 0 Å². The van der Waals surface area contributed by atoms with Crippen LogP contribution in [-0.2, 0) is 6.54 Å². The number of aromatic amines is 1. The number of hydrogen-bond donors (Lipinski definition) is 1. The number of nitrogens with one attached hydrogen (secondary N) is 1. The highest BCUT2D eigenvalue weighted by atomic mass is 16.2. The van der Waals surface area contributed by atoms with Crippen molar-refractivity contribution >= 4 is 5.91 Å². The Morgan fingerprint density at radius 2 is 2.00 bits per heavy atom. The van der Waals surface area contributed by atoms with E-state index in [1.807, 2.05) is 11.8 Å². The third-order valence-electron chi connectivity index (χ3n) is 4.18. The molecule has 1 N–H and O–H groups in total. The molecular formula is C17H22N4O. The summed E-state index contributed by atoms with van der Waals surface area (Å²) < 4.78 is 0. The predicted octanol–water partition coefficient (Wildman–Crippen LogP) is 1.98. The van der Waals surface area contributed by atoms with Gasteiger partial charge in [-0.1, -0.05) is 29.8 Å². The second kappa shape index (κ2) is 6.32. The first kappa shape index (κ1) is 14.8. The summed E-state index contributed by atoms with van der Waals surface area (Å²) in [4.78, 5) is 23.8. The first-order chi connectivity index (χ1) is 10.6. The highest BCUT2D eigenvalue weighted by Crippen LogP contribution is 2.13. The van der Waals surface area contributed by atoms with Crippen LogP contribution in [-0.4, -0.2) is 51.9 Å². The van der Waals surface area contributed by atoms with E-state index in [4.69, 9.17) is 0 Å². The largest absolute Gasteiger partial charge is 0.348 e. The minimum atomic E-state index is 0.0361. The average Bonchev–Trinajstić information content (AvgIpc) is 2.93. The molecule has 0 bridgehead atoms. The fraction of sp³-hybridized carbons (Fsp3) is 0.412. The molecule has 0 aliphatic carbocycles. The summed E-state index contributed by atoms with van der Waals surface area (Å²) >= 11 is 0. The van der Waals surface area contributed by atoms with Crippen LogP contribution >= 0.6 is 0 Å². The Morgan fingerprint density at radius 3 is 2.64 bits per heavy atom. The fourth-order valence-corrected chi connectivity index (χ4v) is 2.90. The molecule has 2 heterocycles. The number of nitrogens with zero attached hydrogens (tertiary/aromatic N) is 3. The van der Waals surface area contributed by atoms with Crippen LogP contribution in [0.2, 0.25) is 0 Å². The summed E-state index contributed by atoms with van der Waals surface area (Å²) in [6, 6.07) is 8.61. The van der Waals surface area contributed by atoms with Crippen LogP contribution in [0.15, 0.2) is 30.6 Å². The van der Waals surface area contributed by atoms with Gasteiger partial charge in [0.05, 0.1) is 6.33 Å². The molecule has 22 heavy (non-hydrogen) atoms. The number of aryl methyl sites for hydroxylation is 2. The molecule has 3 rings (SSSR count). The zero-order valence-electron chi connectivity index (χ0n) is 13.2. The van der Waals surface area contributed by atoms with Crippen LogP contribution in [0.5, 0.6) is 0 Å². The number of carbonyl (C=O) groups is 1. The van der Waals surface area contributed by atoms with Gasteiger partial charge < -0.3 is 9.88 Å². The van der Waals surface area contributed by atoms with Crippen molar-refractivity contribution < 1.29 is 4.79 Å². The van der Waals surface area contributed by atoms with Crippen molar-refractivity contribution in [2.45, 2.75) is 20.4 Å². The first-order valence-corrected chi connectivity index (χ1v) is 7.70. The Morgan fingerprint density at radius 1 is 1.23 bits per heavy atom. The van der Waals surface area contributed by atoms with Crippen LogP contribution in [0.1, 0.15) is 27.3 Å². The fourth-order valence-electron chi connectivity index (χ4n) is 2.90. The number of rotatable bonds is 3. The molecule has 0 spiro atoms. The lowest BCUT2D eigenvalue weighted by atomic mass is 10.1. The van der Waals surface area contributed by atoms with Crippen LogP contribution < -0.4 is 0 Å². The highest BCUT2D eigenvalue weighted by molar-refractivity contribution is 5.93. The van der Waals surface area contributed by atoms with Crippen LogP contribution in [0.25, 0.3) is 0 Å². The Hall–Kier alpha value is -2.14. The van der Waals surface area contributed by atoms with Crippen LogP contribution in [0, 0.1) is 13.8 Å². The van der Waals surface area contributed by atoms with Gasteiger partial charge in [0, 0.05) is 38.4 Å². The third kappa shape index (κ3) is 3.20. The minimum absolute atomic E-state index is 0.0361. The van der Waals surface area contributed by atoms with E-state index in [-0.39, 0.29) is 5.91 Å². The number of amides is 1. The zero-order chi connectivity index (χ0) is 15.5. The van der Waals surface area contributed by atoms with Crippen molar-refractivity contribution in [2.75, 3.05) is 26.2 Å². The molecule has 1 amide bonds. The molecule has 5 nitrogen and oxygen atoms in total. The zero-order valence-corrected chi connectivity index (χ0v) is 13.2. The van der Waals surface area contributed by atoms with Crippen LogP contribution in [0.3, 0.4) is 0 Å². The number of piperazine rings is 1. The number of H-pyrrole nitrogens is 1. The van der Waals surface area contributed by atoms with Gasteiger partial charge in [0.25, 0.3) is 5.91 Å². The lowest BCUT2D eigenvalue weighted by Gasteiger charge is -2.34. The maximum atomic E-state index is 12.4. The van der Waals surface area contributed by atoms with E-state index in [0.717, 1.165) is 38.4 Å². The molecule has 0 saturated carbocycles. The average molecular weight is 298 g/mol. The summed E-state index contributed by atoms with van der Waals surface area (Å²) in [6.07, 6.45) is 1.58. The van der Waals surface area contributed by atoms with Gasteiger partial charge >= 0.3 is 0 Å². The van der Waals surface area contributed by atoms with Gasteiger partial charge in [0.2, 0.25) is 0 Å². The monoisotopic (exact) mass is 298 g/mol. The second-order valence-electron chi connectivity index (χ2n) is 5.93. The number of carbonyl (C=O) groups excluding carboxylic acids is 1. The molecule has 0 atom stereocenters. The van der Waals surface area contributed by atoms with Gasteiger partial charge in [-0.15, -0.1) is 0 Å². The van der Waals surface area contributed by atoms with Crippen molar-refractivity contribution in [2.24, 2.45) is 0 Å². The van der Waals surface area contributed by atoms with Crippen molar-refractivity contribution in [3.05, 3.63) is 53.1 Å². The molecule has 1 fully saturated rings. The molecule has 116 valence electrons. The van der Waals surface area contributed by atoms with E-state index < -0.39 is 0 Å². The molecule has 5 heteroatoms. The van der Waals surface area contributed by atoms with E-state index in [0.29, 0.717) is 5.69 Å². The van der Waals surface area contributed by atoms with Crippen molar-refractivity contribution in [1.29, 1.82) is 0 Å². The summed E-state index contributed by atoms with van der Waals surface area (Å²) in [6.45, 7) is 8.28. The number of benzene rings is 1. The minimum Gasteiger partial charge on any atom is -0.348 e. The predicted molar refractivity (Wildman–Crippen MR) is 85.7 cm³/mol. The SMILES string of the molecule is Cc1cccc(CN2CCN(C(=O)c3nc[nH]c3C)CC2)c1. The van der Waals surface area contributed by atoms with Crippen molar-refractivity contribution in [1.82, 2.24) is 19.8 Å². The Balaban J connectivity index is 1.56. The van der Waals surface area contributed by atoms with E-state index in [9.17, 15) is 4.79 Å². The van der Waals surface area contributed by atoms with Gasteiger partial charge in [-0.2, -0.15) is 0 Å². The standard InChI is InChI=1S/C17H22N4O/c1-13-4-3-5-15(10-13)11-20-6-8-21(9-7-20)17(22)16-14(2)18-12-19-16/h3-5,10,12H,6-9,11H2,1-2H3,(H,18,19). The Labute approximate surface area is 131 Å². The molecule has 0 radical (unpaired) electrons. The van der Waals surface area contributed by atoms with E-state index in [2.05, 4.69) is 46.1 Å². The van der Waals surface area contributed by atoms with Gasteiger partial charge in [-0.3, -0.25) is 9.69 Å². The number of hydrogen-bond acceptors (Lipinski definition) is 3. The number of imidazole rings is 1. The van der Waals surface area contributed by atoms with E-state index >= 15 is 0 Å². The normalized spacial score (nSPS) is 16.0. The quantitative estimate of drug-likeness (QED) is 0.943. The molecule has 1 aromatic carbocycles. The summed E-state index contributed by atoms with van der Waals surface area (Å²) in [5, 5.41) is 0.